The number of nitrogens with one attached hydrogen (secondary N) is 1. The summed E-state index contributed by atoms with van der Waals surface area (Å²) in [5.41, 5.74) is 5.84. The molecule has 0 unspecified atom stereocenters. The lowest BCUT2D eigenvalue weighted by molar-refractivity contribution is -0.134. The molecule has 5 N–H and O–H groups in total. The van der Waals surface area contributed by atoms with Crippen molar-refractivity contribution in [2.45, 2.75) is 63.1 Å². The number of urea groups is 1. The fourth-order valence-electron chi connectivity index (χ4n) is 5.55. The summed E-state index contributed by atoms with van der Waals surface area (Å²) in [4.78, 5) is 23.2. The van der Waals surface area contributed by atoms with Crippen molar-refractivity contribution in [3.63, 3.8) is 0 Å². The maximum absolute atomic E-state index is 12.5. The Morgan fingerprint density at radius 1 is 1.08 bits per heavy atom. The Morgan fingerprint density at radius 3 is 1.92 bits per heavy atom. The highest BCUT2D eigenvalue weighted by atomic mass is 16.4. The molecular weight excluding hydrogens is 310 g/mol. The molecule has 0 aromatic carbocycles. The first kappa shape index (κ1) is 17.5. The van der Waals surface area contributed by atoms with Crippen LogP contribution in [0, 0.1) is 17.8 Å². The Kier molecular flexibility index (Phi) is 4.75. The van der Waals surface area contributed by atoms with Crippen LogP contribution >= 0.6 is 0 Å². The maximum Gasteiger partial charge on any atom is 0.317 e. The molecule has 5 aliphatic rings. The number of amides is 2. The van der Waals surface area contributed by atoms with Crippen LogP contribution in [0.2, 0.25) is 0 Å². The zero-order valence-electron chi connectivity index (χ0n) is 14.3. The minimum absolute atomic E-state index is 0.0149. The van der Waals surface area contributed by atoms with Crippen LogP contribution in [0.1, 0.15) is 45.4 Å². The maximum atomic E-state index is 12.5. The first-order valence-corrected chi connectivity index (χ1v) is 8.96. The number of carboxylic acids is 1. The summed E-state index contributed by atoms with van der Waals surface area (Å²) in [6.07, 6.45) is 7.04. The molecule has 0 aromatic heterocycles. The molecule has 1 saturated heterocycles. The molecule has 4 aliphatic carbocycles. The van der Waals surface area contributed by atoms with Crippen LogP contribution in [0.5, 0.6) is 0 Å². The molecule has 0 radical (unpaired) electrons. The van der Waals surface area contributed by atoms with E-state index in [4.69, 9.17) is 15.6 Å². The Labute approximate surface area is 142 Å². The Balaban J connectivity index is 0.000000383. The molecule has 24 heavy (non-hydrogen) atoms. The number of β-amino-alcohol motifs (C(OH)–C–C–N with tert-alkyl or cyclic N) is 1. The van der Waals surface area contributed by atoms with Gasteiger partial charge in [-0.3, -0.25) is 4.79 Å². The predicted octanol–water partition coefficient (Wildman–Crippen LogP) is 0.760. The van der Waals surface area contributed by atoms with E-state index in [1.165, 1.54) is 19.3 Å². The number of likely N-dealkylation sites (tertiary alicyclic amines) is 1. The van der Waals surface area contributed by atoms with Crippen molar-refractivity contribution in [3.8, 4) is 0 Å². The van der Waals surface area contributed by atoms with Crippen LogP contribution in [0.25, 0.3) is 0 Å². The quantitative estimate of drug-likeness (QED) is 0.563. The topological polar surface area (TPSA) is 116 Å². The summed E-state index contributed by atoms with van der Waals surface area (Å²) in [7, 11) is 0. The molecule has 136 valence electrons. The minimum atomic E-state index is -0.833. The summed E-state index contributed by atoms with van der Waals surface area (Å²) in [5.74, 6) is 1.65. The molecule has 4 saturated carbocycles. The summed E-state index contributed by atoms with van der Waals surface area (Å²) in [6.45, 7) is 1.93. The van der Waals surface area contributed by atoms with Gasteiger partial charge in [-0.2, -0.15) is 0 Å². The average Bonchev–Trinajstić information content (AvgIpc) is 2.76. The van der Waals surface area contributed by atoms with Crippen LogP contribution in [-0.2, 0) is 4.79 Å². The summed E-state index contributed by atoms with van der Waals surface area (Å²) < 4.78 is 0. The second-order valence-corrected chi connectivity index (χ2v) is 8.28. The molecule has 1 heterocycles. The van der Waals surface area contributed by atoms with Gasteiger partial charge in [0.1, 0.15) is 0 Å². The van der Waals surface area contributed by atoms with Crippen LogP contribution in [0.3, 0.4) is 0 Å². The highest BCUT2D eigenvalue weighted by Crippen LogP contribution is 2.55. The van der Waals surface area contributed by atoms with Crippen LogP contribution < -0.4 is 11.1 Å². The molecular formula is C17H29N3O4. The summed E-state index contributed by atoms with van der Waals surface area (Å²) in [6, 6.07) is -0.309. The fourth-order valence-corrected chi connectivity index (χ4v) is 5.55. The number of carbonyl (C=O) groups excluding carboxylic acids is 1. The first-order valence-electron chi connectivity index (χ1n) is 8.96. The number of aliphatic carboxylic acids is 1. The van der Waals surface area contributed by atoms with E-state index in [0.717, 1.165) is 43.9 Å². The van der Waals surface area contributed by atoms with Gasteiger partial charge in [0.15, 0.2) is 0 Å². The van der Waals surface area contributed by atoms with Crippen molar-refractivity contribution in [2.24, 2.45) is 23.5 Å². The molecule has 0 aromatic rings. The Morgan fingerprint density at radius 2 is 1.54 bits per heavy atom. The van der Waals surface area contributed by atoms with E-state index >= 15 is 0 Å². The normalized spacial score (nSPS) is 42.5. The Bertz CT molecular complexity index is 461. The van der Waals surface area contributed by atoms with Crippen molar-refractivity contribution < 1.29 is 19.8 Å². The van der Waals surface area contributed by atoms with Gasteiger partial charge in [0.25, 0.3) is 5.97 Å². The van der Waals surface area contributed by atoms with E-state index in [-0.39, 0.29) is 17.6 Å². The lowest BCUT2D eigenvalue weighted by atomic mass is 9.53. The fraction of sp³-hybridized carbons (Fsp3) is 0.882. The predicted molar refractivity (Wildman–Crippen MR) is 88.3 cm³/mol. The molecule has 5 rings (SSSR count). The van der Waals surface area contributed by atoms with E-state index < -0.39 is 12.1 Å². The third-order valence-electron chi connectivity index (χ3n) is 6.03. The van der Waals surface area contributed by atoms with Crippen LogP contribution in [0.4, 0.5) is 4.79 Å². The van der Waals surface area contributed by atoms with Gasteiger partial charge in [-0.15, -0.1) is 0 Å². The lowest BCUT2D eigenvalue weighted by Gasteiger charge is -2.57. The monoisotopic (exact) mass is 339 g/mol. The zero-order chi connectivity index (χ0) is 17.5. The standard InChI is InChI=1S/C15H25N3O2.C2H4O2/c16-12-7-18(8-13(12)19)14(20)17-15-4-9-1-10(5-15)3-11(2-9)6-15;1-2(3)4/h9-13,19H,1-8,16H2,(H,17,20);1H3,(H,3,4)/t9?,10?,11?,12-,13-,15?;/m1./s1. The number of nitrogens with zero attached hydrogens (tertiary/aromatic N) is 1. The van der Waals surface area contributed by atoms with E-state index in [0.29, 0.717) is 13.1 Å². The number of carbonyl (C=O) groups is 2. The van der Waals surface area contributed by atoms with E-state index in [1.54, 1.807) is 4.90 Å². The van der Waals surface area contributed by atoms with Gasteiger partial charge in [-0.05, 0) is 56.3 Å². The van der Waals surface area contributed by atoms with Crippen molar-refractivity contribution in [2.75, 3.05) is 13.1 Å². The number of hydrogen-bond acceptors (Lipinski definition) is 4. The van der Waals surface area contributed by atoms with Crippen molar-refractivity contribution in [1.29, 1.82) is 0 Å². The molecule has 7 heteroatoms. The number of rotatable bonds is 1. The smallest absolute Gasteiger partial charge is 0.317 e. The van der Waals surface area contributed by atoms with Gasteiger partial charge in [0.05, 0.1) is 6.10 Å². The summed E-state index contributed by atoms with van der Waals surface area (Å²) >= 11 is 0. The van der Waals surface area contributed by atoms with E-state index in [2.05, 4.69) is 5.32 Å². The SMILES string of the molecule is CC(=O)O.N[C@@H]1CN(C(=O)NC23CC4CC(CC(C4)C2)C3)C[C@H]1O. The molecule has 4 bridgehead atoms. The van der Waals surface area contributed by atoms with Crippen LogP contribution in [-0.4, -0.2) is 57.9 Å². The molecule has 5 fully saturated rings. The third-order valence-corrected chi connectivity index (χ3v) is 6.03. The highest BCUT2D eigenvalue weighted by molar-refractivity contribution is 5.75. The van der Waals surface area contributed by atoms with Gasteiger partial charge in [-0.25, -0.2) is 4.79 Å². The van der Waals surface area contributed by atoms with Gasteiger partial charge >= 0.3 is 6.03 Å². The number of carboxylic acid groups (broad SMARTS) is 1. The lowest BCUT2D eigenvalue weighted by Crippen LogP contribution is -2.61. The van der Waals surface area contributed by atoms with Gasteiger partial charge in [0.2, 0.25) is 0 Å². The summed E-state index contributed by atoms with van der Waals surface area (Å²) in [5, 5.41) is 20.4. The highest BCUT2D eigenvalue weighted by Gasteiger charge is 2.52. The van der Waals surface area contributed by atoms with Crippen molar-refractivity contribution >= 4 is 12.0 Å². The van der Waals surface area contributed by atoms with Gasteiger partial charge in [0, 0.05) is 31.6 Å². The zero-order valence-corrected chi connectivity index (χ0v) is 14.3. The Hall–Kier alpha value is -1.34. The molecule has 7 nitrogen and oxygen atoms in total. The molecule has 0 spiro atoms. The number of hydrogen-bond donors (Lipinski definition) is 4. The van der Waals surface area contributed by atoms with Gasteiger partial charge < -0.3 is 26.2 Å². The van der Waals surface area contributed by atoms with Crippen LogP contribution in [0.15, 0.2) is 0 Å². The van der Waals surface area contributed by atoms with E-state index in [9.17, 15) is 9.90 Å². The number of aliphatic hydroxyl groups excluding tert-OH is 1. The molecule has 2 amide bonds. The van der Waals surface area contributed by atoms with Crippen molar-refractivity contribution in [1.82, 2.24) is 10.2 Å². The third kappa shape index (κ3) is 3.67. The molecule has 1 aliphatic heterocycles. The minimum Gasteiger partial charge on any atom is -0.481 e. The number of aliphatic hydroxyl groups is 1. The second kappa shape index (κ2) is 6.52. The number of nitrogens with two attached hydrogens (primary N) is 1. The average molecular weight is 339 g/mol. The molecule has 2 atom stereocenters. The van der Waals surface area contributed by atoms with Crippen molar-refractivity contribution in [3.05, 3.63) is 0 Å². The van der Waals surface area contributed by atoms with E-state index in [1.807, 2.05) is 0 Å². The van der Waals surface area contributed by atoms with Gasteiger partial charge in [-0.1, -0.05) is 0 Å². The first-order chi connectivity index (χ1) is 11.3. The largest absolute Gasteiger partial charge is 0.481 e. The second-order valence-electron chi connectivity index (χ2n) is 8.28.